The summed E-state index contributed by atoms with van der Waals surface area (Å²) in [6, 6.07) is 9.74. The van der Waals surface area contributed by atoms with E-state index in [0.29, 0.717) is 17.4 Å². The topological polar surface area (TPSA) is 74.7 Å². The number of nitrogens with one attached hydrogen (secondary N) is 1. The van der Waals surface area contributed by atoms with Gasteiger partial charge in [-0.05, 0) is 87.0 Å². The highest BCUT2D eigenvalue weighted by molar-refractivity contribution is 6.32. The van der Waals surface area contributed by atoms with Crippen LogP contribution in [0.2, 0.25) is 5.02 Å². The Balaban J connectivity index is 1.65. The Hall–Kier alpha value is -2.83. The average Bonchev–Trinajstić information content (AvgIpc) is 2.89. The summed E-state index contributed by atoms with van der Waals surface area (Å²) in [6.07, 6.45) is 6.21. The van der Waals surface area contributed by atoms with Crippen molar-refractivity contribution in [2.24, 2.45) is 5.92 Å². The van der Waals surface area contributed by atoms with Gasteiger partial charge in [-0.3, -0.25) is 9.78 Å². The van der Waals surface area contributed by atoms with Crippen LogP contribution in [0.25, 0.3) is 22.0 Å². The number of carbonyl (C=O) groups is 1. The summed E-state index contributed by atoms with van der Waals surface area (Å²) in [5, 5.41) is 15.0. The Labute approximate surface area is 218 Å². The predicted octanol–water partition coefficient (Wildman–Crippen LogP) is 6.78. The molecular formula is C29H36ClN3O3. The van der Waals surface area contributed by atoms with E-state index < -0.39 is 0 Å². The number of nitrogens with zero attached hydrogens (tertiary/aromatic N) is 2. The Bertz CT molecular complexity index is 1230. The molecule has 6 nitrogen and oxygen atoms in total. The molecule has 192 valence electrons. The van der Waals surface area contributed by atoms with E-state index in [4.69, 9.17) is 16.3 Å². The van der Waals surface area contributed by atoms with Gasteiger partial charge in [0.25, 0.3) is 0 Å². The molecule has 1 heterocycles. The van der Waals surface area contributed by atoms with E-state index in [0.717, 1.165) is 59.6 Å². The minimum absolute atomic E-state index is 0.0122. The van der Waals surface area contributed by atoms with Crippen LogP contribution in [0.5, 0.6) is 11.5 Å². The van der Waals surface area contributed by atoms with Crippen molar-refractivity contribution in [2.75, 3.05) is 32.1 Å². The molecule has 0 aliphatic heterocycles. The maximum absolute atomic E-state index is 12.6. The minimum Gasteiger partial charge on any atom is -0.503 e. The number of hydrogen-bond acceptors (Lipinski definition) is 6. The number of halogens is 1. The van der Waals surface area contributed by atoms with Gasteiger partial charge in [0, 0.05) is 24.2 Å². The van der Waals surface area contributed by atoms with Crippen LogP contribution in [0.3, 0.4) is 0 Å². The zero-order valence-corrected chi connectivity index (χ0v) is 22.4. The lowest BCUT2D eigenvalue weighted by Gasteiger charge is -2.33. The Morgan fingerprint density at radius 3 is 2.50 bits per heavy atom. The zero-order chi connectivity index (χ0) is 25.8. The van der Waals surface area contributed by atoms with Gasteiger partial charge in [0.1, 0.15) is 0 Å². The molecule has 0 atom stereocenters. The van der Waals surface area contributed by atoms with E-state index in [1.54, 1.807) is 25.3 Å². The monoisotopic (exact) mass is 509 g/mol. The number of aromatic nitrogens is 1. The third-order valence-electron chi connectivity index (χ3n) is 7.43. The van der Waals surface area contributed by atoms with Crippen LogP contribution < -0.4 is 10.1 Å². The Morgan fingerprint density at radius 2 is 1.86 bits per heavy atom. The number of fused-ring (bicyclic) bond motifs is 1. The van der Waals surface area contributed by atoms with Gasteiger partial charge in [-0.25, -0.2) is 0 Å². The maximum atomic E-state index is 12.6. The molecule has 0 unspecified atom stereocenters. The summed E-state index contributed by atoms with van der Waals surface area (Å²) >= 11 is 6.25. The number of phenols is 1. The summed E-state index contributed by atoms with van der Waals surface area (Å²) in [4.78, 5) is 19.6. The molecule has 0 bridgehead atoms. The summed E-state index contributed by atoms with van der Waals surface area (Å²) < 4.78 is 5.29. The van der Waals surface area contributed by atoms with Gasteiger partial charge < -0.3 is 20.1 Å². The summed E-state index contributed by atoms with van der Waals surface area (Å²) in [5.41, 5.74) is 3.98. The number of ketones is 1. The van der Waals surface area contributed by atoms with Gasteiger partial charge in [-0.1, -0.05) is 31.5 Å². The van der Waals surface area contributed by atoms with Gasteiger partial charge in [-0.15, -0.1) is 0 Å². The lowest BCUT2D eigenvalue weighted by Crippen LogP contribution is -2.34. The van der Waals surface area contributed by atoms with E-state index in [-0.39, 0.29) is 16.6 Å². The fraction of sp³-hybridized carbons (Fsp3) is 0.448. The Kier molecular flexibility index (Phi) is 8.37. The molecule has 0 radical (unpaired) electrons. The fourth-order valence-corrected chi connectivity index (χ4v) is 5.44. The highest BCUT2D eigenvalue weighted by Crippen LogP contribution is 2.40. The lowest BCUT2D eigenvalue weighted by atomic mass is 9.85. The first-order valence-corrected chi connectivity index (χ1v) is 13.2. The van der Waals surface area contributed by atoms with E-state index in [1.165, 1.54) is 26.5 Å². The molecule has 1 aliphatic carbocycles. The second-order valence-electron chi connectivity index (χ2n) is 9.69. The van der Waals surface area contributed by atoms with E-state index in [1.807, 2.05) is 18.2 Å². The van der Waals surface area contributed by atoms with Crippen molar-refractivity contribution in [1.82, 2.24) is 9.88 Å². The number of pyridine rings is 1. The van der Waals surface area contributed by atoms with Gasteiger partial charge in [0.2, 0.25) is 0 Å². The van der Waals surface area contributed by atoms with E-state index in [9.17, 15) is 9.90 Å². The van der Waals surface area contributed by atoms with Crippen LogP contribution in [0, 0.1) is 5.92 Å². The summed E-state index contributed by atoms with van der Waals surface area (Å²) in [5.74, 6) is 0.948. The molecule has 0 amide bonds. The molecule has 1 fully saturated rings. The lowest BCUT2D eigenvalue weighted by molar-refractivity contribution is 0.101. The van der Waals surface area contributed by atoms with Crippen LogP contribution in [0.4, 0.5) is 5.69 Å². The third-order valence-corrected chi connectivity index (χ3v) is 7.72. The van der Waals surface area contributed by atoms with Crippen LogP contribution >= 0.6 is 11.6 Å². The molecule has 1 aromatic heterocycles. The quantitative estimate of drug-likeness (QED) is 0.309. The van der Waals surface area contributed by atoms with Crippen LogP contribution in [-0.2, 0) is 0 Å². The molecule has 1 saturated carbocycles. The number of phenolic OH excluding ortho intramolecular Hbond substituents is 1. The second kappa shape index (κ2) is 11.5. The van der Waals surface area contributed by atoms with Gasteiger partial charge >= 0.3 is 0 Å². The molecule has 4 rings (SSSR count). The van der Waals surface area contributed by atoms with Crippen molar-refractivity contribution in [1.29, 1.82) is 0 Å². The number of benzene rings is 2. The van der Waals surface area contributed by atoms with Crippen molar-refractivity contribution in [2.45, 2.75) is 52.5 Å². The molecule has 3 aromatic rings. The van der Waals surface area contributed by atoms with Crippen LogP contribution in [0.1, 0.15) is 56.8 Å². The number of hydrogen-bond donors (Lipinski definition) is 2. The third kappa shape index (κ3) is 5.60. The number of aromatic hydroxyl groups is 1. The summed E-state index contributed by atoms with van der Waals surface area (Å²) in [6.45, 7) is 9.40. The van der Waals surface area contributed by atoms with Crippen molar-refractivity contribution >= 4 is 34.0 Å². The number of methoxy groups -OCH3 is 1. The fourth-order valence-electron chi connectivity index (χ4n) is 5.23. The maximum Gasteiger partial charge on any atom is 0.176 e. The number of ether oxygens (including phenoxy) is 1. The molecule has 2 aromatic carbocycles. The zero-order valence-electron chi connectivity index (χ0n) is 21.6. The van der Waals surface area contributed by atoms with Crippen molar-refractivity contribution in [3.63, 3.8) is 0 Å². The number of Topliss-reactive ketones (excluding diaryl/α,β-unsaturated/α-hetero) is 1. The van der Waals surface area contributed by atoms with Gasteiger partial charge in [0.15, 0.2) is 17.3 Å². The summed E-state index contributed by atoms with van der Waals surface area (Å²) in [7, 11) is 1.50. The molecule has 2 N–H and O–H groups in total. The van der Waals surface area contributed by atoms with Crippen molar-refractivity contribution < 1.29 is 14.6 Å². The number of carbonyl (C=O) groups excluding carboxylic acids is 1. The molecule has 7 heteroatoms. The molecule has 36 heavy (non-hydrogen) atoms. The Morgan fingerprint density at radius 1 is 1.14 bits per heavy atom. The van der Waals surface area contributed by atoms with Crippen molar-refractivity contribution in [3.8, 4) is 22.6 Å². The van der Waals surface area contributed by atoms with Crippen LogP contribution in [-0.4, -0.2) is 53.6 Å². The van der Waals surface area contributed by atoms with Crippen LogP contribution in [0.15, 0.2) is 36.5 Å². The van der Waals surface area contributed by atoms with E-state index >= 15 is 0 Å². The largest absolute Gasteiger partial charge is 0.503 e. The number of anilines is 1. The predicted molar refractivity (Wildman–Crippen MR) is 148 cm³/mol. The smallest absolute Gasteiger partial charge is 0.176 e. The SMILES string of the molecule is CCN(CC)CC1CCC(Nc2c(C(C)=O)cnc3ccc(-c4cc(Cl)c(O)c(OC)c4)cc23)CC1. The van der Waals surface area contributed by atoms with Crippen molar-refractivity contribution in [3.05, 3.63) is 47.1 Å². The average molecular weight is 510 g/mol. The van der Waals surface area contributed by atoms with Gasteiger partial charge in [-0.2, -0.15) is 0 Å². The first-order valence-electron chi connectivity index (χ1n) is 12.8. The minimum atomic E-state index is -0.0804. The first kappa shape index (κ1) is 26.2. The number of rotatable bonds is 9. The standard InChI is InChI=1S/C29H36ClN3O3/c1-5-33(6-2)17-19-7-10-22(11-8-19)32-28-23-13-20(9-12-26(23)31-16-24(28)18(3)34)21-14-25(30)29(35)27(15-21)36-4/h9,12-16,19,22,35H,5-8,10-11,17H2,1-4H3,(H,31,32). The molecule has 0 spiro atoms. The first-order chi connectivity index (χ1) is 17.3. The van der Waals surface area contributed by atoms with E-state index in [2.05, 4.69) is 29.0 Å². The highest BCUT2D eigenvalue weighted by Gasteiger charge is 2.24. The molecular weight excluding hydrogens is 474 g/mol. The highest BCUT2D eigenvalue weighted by atomic mass is 35.5. The second-order valence-corrected chi connectivity index (χ2v) is 10.1. The molecule has 1 aliphatic rings. The molecule has 0 saturated heterocycles. The normalized spacial score (nSPS) is 17.9. The van der Waals surface area contributed by atoms with Gasteiger partial charge in [0.05, 0.1) is 28.9 Å².